The summed E-state index contributed by atoms with van der Waals surface area (Å²) in [6.07, 6.45) is 3.25. The summed E-state index contributed by atoms with van der Waals surface area (Å²) in [5.74, 6) is 0.500. The highest BCUT2D eigenvalue weighted by atomic mass is 79.9. The number of hydrogen-bond acceptors (Lipinski definition) is 5. The summed E-state index contributed by atoms with van der Waals surface area (Å²) in [6, 6.07) is 8.38. The van der Waals surface area contributed by atoms with E-state index < -0.39 is 0 Å². The predicted octanol–water partition coefficient (Wildman–Crippen LogP) is 3.03. The van der Waals surface area contributed by atoms with Gasteiger partial charge in [-0.3, -0.25) is 10.1 Å². The predicted molar refractivity (Wildman–Crippen MR) is 89.7 cm³/mol. The summed E-state index contributed by atoms with van der Waals surface area (Å²) >= 11 is 3.55. The van der Waals surface area contributed by atoms with Crippen LogP contribution in [0, 0.1) is 0 Å². The summed E-state index contributed by atoms with van der Waals surface area (Å²) in [5.41, 5.74) is 1.27. The van der Waals surface area contributed by atoms with Crippen molar-refractivity contribution in [2.45, 2.75) is 32.7 Å². The van der Waals surface area contributed by atoms with E-state index in [1.165, 1.54) is 18.8 Å². The SMILES string of the molecule is CC(=O)Nc1ncnc(NC(C)CCc2ccccc2Br)n1. The Kier molecular flexibility index (Phi) is 5.83. The largest absolute Gasteiger partial charge is 0.352 e. The fourth-order valence-corrected chi connectivity index (χ4v) is 2.43. The van der Waals surface area contributed by atoms with Gasteiger partial charge in [0, 0.05) is 17.4 Å². The molecule has 0 aliphatic heterocycles. The first kappa shape index (κ1) is 16.4. The molecule has 1 atom stereocenters. The second-order valence-corrected chi connectivity index (χ2v) is 5.84. The molecule has 0 aliphatic rings. The monoisotopic (exact) mass is 363 g/mol. The molecule has 1 aromatic carbocycles. The molecule has 0 spiro atoms. The van der Waals surface area contributed by atoms with E-state index >= 15 is 0 Å². The molecule has 0 saturated heterocycles. The number of nitrogens with zero attached hydrogens (tertiary/aromatic N) is 3. The van der Waals surface area contributed by atoms with Crippen molar-refractivity contribution in [3.05, 3.63) is 40.6 Å². The second-order valence-electron chi connectivity index (χ2n) is 4.99. The zero-order valence-corrected chi connectivity index (χ0v) is 14.1. The van der Waals surface area contributed by atoms with Gasteiger partial charge in [0.2, 0.25) is 17.8 Å². The summed E-state index contributed by atoms with van der Waals surface area (Å²) < 4.78 is 1.12. The first-order valence-electron chi connectivity index (χ1n) is 7.01. The number of aryl methyl sites for hydroxylation is 1. The van der Waals surface area contributed by atoms with E-state index in [9.17, 15) is 4.79 Å². The third-order valence-corrected chi connectivity index (χ3v) is 3.81. The molecule has 2 N–H and O–H groups in total. The Balaban J connectivity index is 1.90. The summed E-state index contributed by atoms with van der Waals surface area (Å²) in [5, 5.41) is 5.75. The highest BCUT2D eigenvalue weighted by molar-refractivity contribution is 9.10. The van der Waals surface area contributed by atoms with E-state index in [0.29, 0.717) is 5.95 Å². The number of benzene rings is 1. The van der Waals surface area contributed by atoms with Crippen molar-refractivity contribution >= 4 is 33.7 Å². The van der Waals surface area contributed by atoms with Crippen molar-refractivity contribution in [1.29, 1.82) is 0 Å². The second kappa shape index (κ2) is 7.84. The molecule has 0 bridgehead atoms. The molecule has 116 valence electrons. The van der Waals surface area contributed by atoms with Crippen LogP contribution in [0.5, 0.6) is 0 Å². The molecule has 0 radical (unpaired) electrons. The van der Waals surface area contributed by atoms with Crippen LogP contribution in [-0.4, -0.2) is 26.9 Å². The maximum atomic E-state index is 11.0. The maximum absolute atomic E-state index is 11.0. The van der Waals surface area contributed by atoms with Crippen LogP contribution in [0.2, 0.25) is 0 Å². The minimum Gasteiger partial charge on any atom is -0.352 e. The highest BCUT2D eigenvalue weighted by Gasteiger charge is 2.08. The average molecular weight is 364 g/mol. The standard InChI is InChI=1S/C15H18BrN5O/c1-10(7-8-12-5-3-4-6-13(12)16)19-14-17-9-18-15(21-14)20-11(2)22/h3-6,9-10H,7-8H2,1-2H3,(H2,17,18,19,20,21,22). The molecule has 1 unspecified atom stereocenters. The fourth-order valence-electron chi connectivity index (χ4n) is 1.95. The molecule has 0 aliphatic carbocycles. The molecule has 1 heterocycles. The summed E-state index contributed by atoms with van der Waals surface area (Å²) in [6.45, 7) is 3.48. The van der Waals surface area contributed by atoms with Gasteiger partial charge in [-0.15, -0.1) is 0 Å². The van der Waals surface area contributed by atoms with E-state index in [4.69, 9.17) is 0 Å². The number of aromatic nitrogens is 3. The van der Waals surface area contributed by atoms with Gasteiger partial charge in [0.15, 0.2) is 0 Å². The lowest BCUT2D eigenvalue weighted by molar-refractivity contribution is -0.114. The molecule has 22 heavy (non-hydrogen) atoms. The number of rotatable bonds is 6. The van der Waals surface area contributed by atoms with Crippen LogP contribution >= 0.6 is 15.9 Å². The van der Waals surface area contributed by atoms with Crippen LogP contribution in [-0.2, 0) is 11.2 Å². The van der Waals surface area contributed by atoms with Crippen molar-refractivity contribution in [2.75, 3.05) is 10.6 Å². The van der Waals surface area contributed by atoms with Gasteiger partial charge >= 0.3 is 0 Å². The Morgan fingerprint density at radius 3 is 2.73 bits per heavy atom. The molecule has 1 aromatic heterocycles. The molecule has 2 rings (SSSR count). The molecule has 1 amide bonds. The zero-order valence-electron chi connectivity index (χ0n) is 12.5. The van der Waals surface area contributed by atoms with Crippen LogP contribution in [0.25, 0.3) is 0 Å². The Labute approximate surface area is 137 Å². The number of amides is 1. The van der Waals surface area contributed by atoms with Crippen LogP contribution in [0.3, 0.4) is 0 Å². The zero-order chi connectivity index (χ0) is 15.9. The Morgan fingerprint density at radius 2 is 2.00 bits per heavy atom. The van der Waals surface area contributed by atoms with Crippen molar-refractivity contribution in [2.24, 2.45) is 0 Å². The molecule has 0 saturated carbocycles. The van der Waals surface area contributed by atoms with Crippen molar-refractivity contribution in [1.82, 2.24) is 15.0 Å². The van der Waals surface area contributed by atoms with Crippen LogP contribution in [0.15, 0.2) is 35.1 Å². The van der Waals surface area contributed by atoms with Crippen molar-refractivity contribution in [3.63, 3.8) is 0 Å². The minimum atomic E-state index is -0.209. The first-order valence-corrected chi connectivity index (χ1v) is 7.80. The maximum Gasteiger partial charge on any atom is 0.234 e. The lowest BCUT2D eigenvalue weighted by Crippen LogP contribution is -2.19. The van der Waals surface area contributed by atoms with Crippen LogP contribution in [0.1, 0.15) is 25.8 Å². The van der Waals surface area contributed by atoms with Gasteiger partial charge in [0.05, 0.1) is 0 Å². The van der Waals surface area contributed by atoms with Crippen molar-refractivity contribution < 1.29 is 4.79 Å². The lowest BCUT2D eigenvalue weighted by atomic mass is 10.1. The highest BCUT2D eigenvalue weighted by Crippen LogP contribution is 2.18. The van der Waals surface area contributed by atoms with E-state index in [1.54, 1.807) is 0 Å². The quantitative estimate of drug-likeness (QED) is 0.824. The van der Waals surface area contributed by atoms with Gasteiger partial charge in [-0.05, 0) is 31.4 Å². The van der Waals surface area contributed by atoms with Gasteiger partial charge in [0.25, 0.3) is 0 Å². The molecular weight excluding hydrogens is 346 g/mol. The number of nitrogens with one attached hydrogen (secondary N) is 2. The first-order chi connectivity index (χ1) is 10.5. The lowest BCUT2D eigenvalue weighted by Gasteiger charge is -2.14. The van der Waals surface area contributed by atoms with E-state index in [1.807, 2.05) is 18.2 Å². The number of hydrogen-bond donors (Lipinski definition) is 2. The molecule has 7 heteroatoms. The van der Waals surface area contributed by atoms with Crippen LogP contribution < -0.4 is 10.6 Å². The molecule has 2 aromatic rings. The third-order valence-electron chi connectivity index (χ3n) is 3.04. The summed E-state index contributed by atoms with van der Waals surface area (Å²) in [4.78, 5) is 23.1. The number of carbonyl (C=O) groups is 1. The van der Waals surface area contributed by atoms with E-state index in [0.717, 1.165) is 17.3 Å². The smallest absolute Gasteiger partial charge is 0.234 e. The third kappa shape index (κ3) is 5.07. The van der Waals surface area contributed by atoms with Gasteiger partial charge in [0.1, 0.15) is 6.33 Å². The molecule has 0 fully saturated rings. The summed E-state index contributed by atoms with van der Waals surface area (Å²) in [7, 11) is 0. The van der Waals surface area contributed by atoms with Gasteiger partial charge in [-0.25, -0.2) is 9.97 Å². The Hall–Kier alpha value is -2.02. The molecular formula is C15H18BrN5O. The van der Waals surface area contributed by atoms with Crippen LogP contribution in [0.4, 0.5) is 11.9 Å². The fraction of sp³-hybridized carbons (Fsp3) is 0.333. The Morgan fingerprint density at radius 1 is 1.27 bits per heavy atom. The Bertz CT molecular complexity index is 649. The van der Waals surface area contributed by atoms with E-state index in [2.05, 4.69) is 54.5 Å². The topological polar surface area (TPSA) is 79.8 Å². The molecule has 6 nitrogen and oxygen atoms in total. The van der Waals surface area contributed by atoms with Gasteiger partial charge < -0.3 is 5.32 Å². The average Bonchev–Trinajstić information content (AvgIpc) is 2.46. The van der Waals surface area contributed by atoms with Gasteiger partial charge in [-0.2, -0.15) is 4.98 Å². The normalized spacial score (nSPS) is 11.8. The van der Waals surface area contributed by atoms with Crippen molar-refractivity contribution in [3.8, 4) is 0 Å². The van der Waals surface area contributed by atoms with Gasteiger partial charge in [-0.1, -0.05) is 34.1 Å². The number of carbonyl (C=O) groups excluding carboxylic acids is 1. The number of halogens is 1. The van der Waals surface area contributed by atoms with E-state index in [-0.39, 0.29) is 17.9 Å². The number of anilines is 2. The minimum absolute atomic E-state index is 0.194.